The van der Waals surface area contributed by atoms with E-state index in [4.69, 9.17) is 4.74 Å². The van der Waals surface area contributed by atoms with E-state index in [0.29, 0.717) is 12.5 Å². The number of allylic oxidation sites excluding steroid dienone is 1. The number of hydrogen-bond donors (Lipinski definition) is 0. The predicted molar refractivity (Wildman–Crippen MR) is 80.5 cm³/mol. The fourth-order valence-electron chi connectivity index (χ4n) is 4.08. The van der Waals surface area contributed by atoms with Gasteiger partial charge in [0.25, 0.3) is 5.91 Å². The van der Waals surface area contributed by atoms with Gasteiger partial charge in [-0.1, -0.05) is 42.5 Å². The molecule has 1 aromatic rings. The van der Waals surface area contributed by atoms with Gasteiger partial charge in [-0.2, -0.15) is 0 Å². The highest BCUT2D eigenvalue weighted by molar-refractivity contribution is 5.89. The van der Waals surface area contributed by atoms with E-state index in [1.807, 2.05) is 35.2 Å². The number of rotatable bonds is 3. The maximum Gasteiger partial charge on any atom is 0.254 e. The number of fused-ring (bicyclic) bond motifs is 3. The van der Waals surface area contributed by atoms with Crippen LogP contribution in [0, 0.1) is 11.8 Å². The Balaban J connectivity index is 1.47. The molecule has 21 heavy (non-hydrogen) atoms. The molecule has 3 heteroatoms. The molecule has 110 valence electrons. The van der Waals surface area contributed by atoms with Crippen molar-refractivity contribution in [2.45, 2.75) is 38.0 Å². The van der Waals surface area contributed by atoms with Crippen LogP contribution in [-0.4, -0.2) is 29.5 Å². The highest BCUT2D eigenvalue weighted by Crippen LogP contribution is 2.43. The second-order valence-electron chi connectivity index (χ2n) is 6.37. The van der Waals surface area contributed by atoms with Crippen molar-refractivity contribution in [3.05, 3.63) is 48.0 Å². The lowest BCUT2D eigenvalue weighted by molar-refractivity contribution is -0.187. The van der Waals surface area contributed by atoms with Crippen LogP contribution in [0.15, 0.2) is 42.5 Å². The molecule has 2 saturated heterocycles. The maximum atomic E-state index is 12.3. The zero-order valence-corrected chi connectivity index (χ0v) is 12.2. The normalized spacial score (nSPS) is 34.1. The third-order valence-corrected chi connectivity index (χ3v) is 5.21. The van der Waals surface area contributed by atoms with Gasteiger partial charge in [0.05, 0.1) is 12.6 Å². The lowest BCUT2D eigenvalue weighted by Crippen LogP contribution is -2.71. The summed E-state index contributed by atoms with van der Waals surface area (Å²) in [5, 5.41) is 0. The Kier molecular flexibility index (Phi) is 3.30. The molecule has 0 spiro atoms. The van der Waals surface area contributed by atoms with E-state index in [0.717, 1.165) is 24.4 Å². The number of amides is 1. The van der Waals surface area contributed by atoms with Gasteiger partial charge in [-0.25, -0.2) is 0 Å². The van der Waals surface area contributed by atoms with Gasteiger partial charge in [0.2, 0.25) is 0 Å². The minimum atomic E-state index is -0.235. The van der Waals surface area contributed by atoms with Gasteiger partial charge in [0.1, 0.15) is 0 Å². The molecule has 0 aromatic heterocycles. The first-order valence-corrected chi connectivity index (χ1v) is 7.97. The van der Waals surface area contributed by atoms with E-state index in [1.54, 1.807) is 0 Å². The molecule has 1 amide bonds. The minimum Gasteiger partial charge on any atom is -0.361 e. The van der Waals surface area contributed by atoms with E-state index in [-0.39, 0.29) is 18.1 Å². The summed E-state index contributed by atoms with van der Waals surface area (Å²) in [5.74, 6) is 1.44. The number of benzene rings is 1. The Morgan fingerprint density at radius 3 is 2.90 bits per heavy atom. The van der Waals surface area contributed by atoms with E-state index in [2.05, 4.69) is 12.2 Å². The molecule has 0 unspecified atom stereocenters. The van der Waals surface area contributed by atoms with Crippen LogP contribution in [0.25, 0.3) is 0 Å². The predicted octanol–water partition coefficient (Wildman–Crippen LogP) is 2.77. The molecule has 3 nitrogen and oxygen atoms in total. The summed E-state index contributed by atoms with van der Waals surface area (Å²) in [7, 11) is 0. The summed E-state index contributed by atoms with van der Waals surface area (Å²) >= 11 is 0. The number of ether oxygens (including phenoxy) is 1. The Labute approximate surface area is 125 Å². The summed E-state index contributed by atoms with van der Waals surface area (Å²) < 4.78 is 5.97. The number of β-lactam (4-membered cyclic amide) rings is 1. The second kappa shape index (κ2) is 5.30. The number of carbonyl (C=O) groups is 1. The molecule has 0 N–H and O–H groups in total. The molecule has 2 heterocycles. The smallest absolute Gasteiger partial charge is 0.254 e. The average Bonchev–Trinajstić information content (AvgIpc) is 2.55. The lowest BCUT2D eigenvalue weighted by atomic mass is 9.69. The highest BCUT2D eigenvalue weighted by atomic mass is 16.5. The van der Waals surface area contributed by atoms with E-state index in [9.17, 15) is 4.79 Å². The van der Waals surface area contributed by atoms with E-state index in [1.165, 1.54) is 12.8 Å². The topological polar surface area (TPSA) is 29.5 Å². The van der Waals surface area contributed by atoms with Crippen LogP contribution in [-0.2, 0) is 16.1 Å². The van der Waals surface area contributed by atoms with E-state index < -0.39 is 0 Å². The maximum absolute atomic E-state index is 12.3. The van der Waals surface area contributed by atoms with Crippen molar-refractivity contribution in [2.24, 2.45) is 11.8 Å². The Bertz CT molecular complexity index is 554. The van der Waals surface area contributed by atoms with Crippen molar-refractivity contribution in [2.75, 3.05) is 6.54 Å². The summed E-state index contributed by atoms with van der Waals surface area (Å²) in [6.07, 6.45) is 7.99. The SMILES string of the molecule is O=C1[C@H](OCc2ccccc2)[C@@H]2[C@H]3C=CCC[C@@H]3CCN12. The molecule has 1 aliphatic carbocycles. The quantitative estimate of drug-likeness (QED) is 0.630. The first kappa shape index (κ1) is 13.1. The molecule has 4 rings (SSSR count). The first-order chi connectivity index (χ1) is 10.3. The van der Waals surface area contributed by atoms with Gasteiger partial charge >= 0.3 is 0 Å². The zero-order valence-electron chi connectivity index (χ0n) is 12.2. The van der Waals surface area contributed by atoms with Crippen LogP contribution in [0.3, 0.4) is 0 Å². The number of carbonyl (C=O) groups excluding carboxylic acids is 1. The number of nitrogens with zero attached hydrogens (tertiary/aromatic N) is 1. The standard InChI is InChI=1S/C18H21NO2/c20-18-17(21-12-13-6-2-1-3-7-13)16-15-9-5-4-8-14(15)10-11-19(16)18/h1-3,5-7,9,14-17H,4,8,10-12H2/t14-,15+,16+,17-/m1/s1. The third kappa shape index (κ3) is 2.20. The Morgan fingerprint density at radius 1 is 1.19 bits per heavy atom. The van der Waals surface area contributed by atoms with Crippen molar-refractivity contribution in [3.63, 3.8) is 0 Å². The average molecular weight is 283 g/mol. The largest absolute Gasteiger partial charge is 0.361 e. The molecule has 3 aliphatic rings. The van der Waals surface area contributed by atoms with Gasteiger partial charge in [0, 0.05) is 12.5 Å². The van der Waals surface area contributed by atoms with Crippen molar-refractivity contribution in [1.82, 2.24) is 4.90 Å². The Hall–Kier alpha value is -1.61. The molecule has 0 saturated carbocycles. The van der Waals surface area contributed by atoms with Crippen molar-refractivity contribution >= 4 is 5.91 Å². The summed E-state index contributed by atoms with van der Waals surface area (Å²) in [6, 6.07) is 10.4. The fourth-order valence-corrected chi connectivity index (χ4v) is 4.08. The van der Waals surface area contributed by atoms with Gasteiger partial charge in [-0.05, 0) is 30.7 Å². The first-order valence-electron chi connectivity index (χ1n) is 7.97. The molecule has 2 aliphatic heterocycles. The number of hydrogen-bond acceptors (Lipinski definition) is 2. The lowest BCUT2D eigenvalue weighted by Gasteiger charge is -2.55. The van der Waals surface area contributed by atoms with Crippen LogP contribution in [0.1, 0.15) is 24.8 Å². The van der Waals surface area contributed by atoms with Crippen molar-refractivity contribution in [1.29, 1.82) is 0 Å². The van der Waals surface area contributed by atoms with Gasteiger partial charge in [0.15, 0.2) is 6.10 Å². The number of piperidine rings is 1. The zero-order chi connectivity index (χ0) is 14.2. The molecular weight excluding hydrogens is 262 g/mol. The third-order valence-electron chi connectivity index (χ3n) is 5.21. The van der Waals surface area contributed by atoms with Crippen LogP contribution < -0.4 is 0 Å². The van der Waals surface area contributed by atoms with Crippen LogP contribution >= 0.6 is 0 Å². The summed E-state index contributed by atoms with van der Waals surface area (Å²) in [4.78, 5) is 14.3. The van der Waals surface area contributed by atoms with Crippen LogP contribution in [0.4, 0.5) is 0 Å². The fraction of sp³-hybridized carbons (Fsp3) is 0.500. The monoisotopic (exact) mass is 283 g/mol. The molecule has 4 atom stereocenters. The molecule has 0 radical (unpaired) electrons. The minimum absolute atomic E-state index is 0.188. The van der Waals surface area contributed by atoms with Crippen LogP contribution in [0.5, 0.6) is 0 Å². The van der Waals surface area contributed by atoms with E-state index >= 15 is 0 Å². The second-order valence-corrected chi connectivity index (χ2v) is 6.37. The Morgan fingerprint density at radius 2 is 2.05 bits per heavy atom. The molecule has 1 aromatic carbocycles. The van der Waals surface area contributed by atoms with Crippen molar-refractivity contribution in [3.8, 4) is 0 Å². The van der Waals surface area contributed by atoms with Gasteiger partial charge < -0.3 is 9.64 Å². The molecule has 0 bridgehead atoms. The highest BCUT2D eigenvalue weighted by Gasteiger charge is 2.55. The van der Waals surface area contributed by atoms with Crippen LogP contribution in [0.2, 0.25) is 0 Å². The van der Waals surface area contributed by atoms with Gasteiger partial charge in [-0.3, -0.25) is 4.79 Å². The van der Waals surface area contributed by atoms with Crippen molar-refractivity contribution < 1.29 is 9.53 Å². The van der Waals surface area contributed by atoms with Gasteiger partial charge in [-0.15, -0.1) is 0 Å². The summed E-state index contributed by atoms with van der Waals surface area (Å²) in [6.45, 7) is 1.45. The molecular formula is C18H21NO2. The summed E-state index contributed by atoms with van der Waals surface area (Å²) in [5.41, 5.74) is 1.13. The molecule has 2 fully saturated rings.